The highest BCUT2D eigenvalue weighted by atomic mass is 16.5. The third kappa shape index (κ3) is 2.99. The van der Waals surface area contributed by atoms with Gasteiger partial charge in [0.2, 0.25) is 5.78 Å². The first-order chi connectivity index (χ1) is 11.7. The molecule has 0 aliphatic rings. The van der Waals surface area contributed by atoms with Crippen LogP contribution in [0.5, 0.6) is 5.75 Å². The molecule has 5 heteroatoms. The van der Waals surface area contributed by atoms with Crippen LogP contribution in [0.15, 0.2) is 60.3 Å². The summed E-state index contributed by atoms with van der Waals surface area (Å²) in [6, 6.07) is 16.1. The number of ether oxygens (including phenoxy) is 1. The molecule has 0 radical (unpaired) electrons. The lowest BCUT2D eigenvalue weighted by Crippen LogP contribution is -2.04. The molecular weight excluding hydrogens is 302 g/mol. The van der Waals surface area contributed by atoms with Crippen molar-refractivity contribution in [3.8, 4) is 11.8 Å². The summed E-state index contributed by atoms with van der Waals surface area (Å²) in [6.45, 7) is 0. The molecule has 0 amide bonds. The number of para-hydroxylation sites is 3. The maximum Gasteiger partial charge on any atom is 0.207 e. The second-order valence-corrected chi connectivity index (χ2v) is 4.98. The fraction of sp³-hybridized carbons (Fsp3) is 0.0526. The number of benzene rings is 2. The second kappa shape index (κ2) is 6.71. The van der Waals surface area contributed by atoms with Gasteiger partial charge in [-0.25, -0.2) is 4.98 Å². The largest absolute Gasteiger partial charge is 0.496 e. The fourth-order valence-corrected chi connectivity index (χ4v) is 2.31. The zero-order chi connectivity index (χ0) is 16.9. The third-order valence-corrected chi connectivity index (χ3v) is 3.48. The summed E-state index contributed by atoms with van der Waals surface area (Å²) in [4.78, 5) is 21.3. The van der Waals surface area contributed by atoms with Crippen LogP contribution in [-0.4, -0.2) is 22.9 Å². The number of nitrogens with zero attached hydrogens (tertiary/aromatic N) is 3. The number of methoxy groups -OCH3 is 1. The lowest BCUT2D eigenvalue weighted by atomic mass is 10.0. The Balaban J connectivity index is 2.02. The van der Waals surface area contributed by atoms with Crippen LogP contribution in [0, 0.1) is 11.3 Å². The van der Waals surface area contributed by atoms with E-state index in [2.05, 4.69) is 9.97 Å². The Hall–Kier alpha value is -3.52. The van der Waals surface area contributed by atoms with Gasteiger partial charge >= 0.3 is 0 Å². The molecular formula is C19H13N3O2. The van der Waals surface area contributed by atoms with Crippen molar-refractivity contribution in [3.05, 3.63) is 71.6 Å². The van der Waals surface area contributed by atoms with E-state index in [1.165, 1.54) is 19.4 Å². The maximum absolute atomic E-state index is 12.6. The van der Waals surface area contributed by atoms with Crippen LogP contribution in [0.4, 0.5) is 0 Å². The van der Waals surface area contributed by atoms with Gasteiger partial charge in [-0.3, -0.25) is 9.78 Å². The van der Waals surface area contributed by atoms with Crippen molar-refractivity contribution in [2.24, 2.45) is 0 Å². The third-order valence-electron chi connectivity index (χ3n) is 3.48. The van der Waals surface area contributed by atoms with Crippen LogP contribution in [-0.2, 0) is 0 Å². The molecule has 0 spiro atoms. The zero-order valence-electron chi connectivity index (χ0n) is 12.9. The van der Waals surface area contributed by atoms with Gasteiger partial charge in [-0.05, 0) is 30.3 Å². The molecule has 0 atom stereocenters. The summed E-state index contributed by atoms with van der Waals surface area (Å²) in [6.07, 6.45) is 2.98. The van der Waals surface area contributed by atoms with E-state index in [-0.39, 0.29) is 5.57 Å². The lowest BCUT2D eigenvalue weighted by molar-refractivity contribution is 0.103. The molecule has 0 aliphatic heterocycles. The maximum atomic E-state index is 12.6. The molecule has 5 nitrogen and oxygen atoms in total. The average Bonchev–Trinajstić information content (AvgIpc) is 2.65. The van der Waals surface area contributed by atoms with E-state index in [0.717, 1.165) is 5.52 Å². The molecule has 3 rings (SSSR count). The van der Waals surface area contributed by atoms with E-state index in [9.17, 15) is 10.1 Å². The van der Waals surface area contributed by atoms with Crippen molar-refractivity contribution < 1.29 is 9.53 Å². The Morgan fingerprint density at radius 2 is 1.83 bits per heavy atom. The highest BCUT2D eigenvalue weighted by Gasteiger charge is 2.16. The highest BCUT2D eigenvalue weighted by Crippen LogP contribution is 2.21. The van der Waals surface area contributed by atoms with Crippen molar-refractivity contribution in [1.29, 1.82) is 5.26 Å². The molecule has 0 N–H and O–H groups in total. The summed E-state index contributed by atoms with van der Waals surface area (Å²) >= 11 is 0. The Kier molecular flexibility index (Phi) is 4.30. The van der Waals surface area contributed by atoms with E-state index < -0.39 is 5.78 Å². The zero-order valence-corrected chi connectivity index (χ0v) is 12.9. The Morgan fingerprint density at radius 1 is 1.12 bits per heavy atom. The van der Waals surface area contributed by atoms with E-state index in [1.54, 1.807) is 24.3 Å². The van der Waals surface area contributed by atoms with Crippen molar-refractivity contribution in [2.45, 2.75) is 0 Å². The van der Waals surface area contributed by atoms with Crippen molar-refractivity contribution in [3.63, 3.8) is 0 Å². The molecule has 1 aromatic heterocycles. The number of ketones is 1. The number of allylic oxidation sites excluding steroid dienone is 1. The summed E-state index contributed by atoms with van der Waals surface area (Å²) in [5.74, 6) is 0.0122. The van der Waals surface area contributed by atoms with E-state index in [0.29, 0.717) is 22.5 Å². The molecule has 0 saturated heterocycles. The molecule has 0 unspecified atom stereocenters. The minimum absolute atomic E-state index is 0.0240. The molecule has 0 fully saturated rings. The van der Waals surface area contributed by atoms with Gasteiger partial charge in [-0.1, -0.05) is 24.3 Å². The molecule has 1 heterocycles. The van der Waals surface area contributed by atoms with Crippen LogP contribution in [0.3, 0.4) is 0 Å². The minimum atomic E-state index is -0.412. The Labute approximate surface area is 138 Å². The predicted octanol–water partition coefficient (Wildman–Crippen LogP) is 3.43. The van der Waals surface area contributed by atoms with Crippen LogP contribution in [0.2, 0.25) is 0 Å². The van der Waals surface area contributed by atoms with Crippen LogP contribution in [0.1, 0.15) is 16.1 Å². The minimum Gasteiger partial charge on any atom is -0.496 e. The normalized spacial score (nSPS) is 11.1. The molecule has 2 aromatic carbocycles. The van der Waals surface area contributed by atoms with Gasteiger partial charge in [-0.2, -0.15) is 5.26 Å². The van der Waals surface area contributed by atoms with Gasteiger partial charge in [0.25, 0.3) is 0 Å². The fourth-order valence-electron chi connectivity index (χ4n) is 2.31. The van der Waals surface area contributed by atoms with Crippen LogP contribution >= 0.6 is 0 Å². The summed E-state index contributed by atoms with van der Waals surface area (Å²) in [5, 5.41) is 9.37. The first kappa shape index (κ1) is 15.4. The number of Topliss-reactive ketones (excluding diaryl/α,β-unsaturated/α-hetero) is 1. The number of fused-ring (bicyclic) bond motifs is 1. The SMILES string of the molecule is COc1ccccc1C(=O)/C(C#N)=C/c1cnc2ccccc2n1. The van der Waals surface area contributed by atoms with E-state index in [4.69, 9.17) is 4.74 Å². The molecule has 0 aliphatic carbocycles. The van der Waals surface area contributed by atoms with Gasteiger partial charge < -0.3 is 4.74 Å². The monoisotopic (exact) mass is 315 g/mol. The van der Waals surface area contributed by atoms with Gasteiger partial charge in [0.15, 0.2) is 0 Å². The Morgan fingerprint density at radius 3 is 2.58 bits per heavy atom. The number of hydrogen-bond donors (Lipinski definition) is 0. The summed E-state index contributed by atoms with van der Waals surface area (Å²) < 4.78 is 5.18. The van der Waals surface area contributed by atoms with Gasteiger partial charge in [0, 0.05) is 0 Å². The number of aromatic nitrogens is 2. The summed E-state index contributed by atoms with van der Waals surface area (Å²) in [7, 11) is 1.48. The average molecular weight is 315 g/mol. The number of rotatable bonds is 4. The molecule has 24 heavy (non-hydrogen) atoms. The molecule has 0 saturated carbocycles. The van der Waals surface area contributed by atoms with E-state index in [1.807, 2.05) is 30.3 Å². The van der Waals surface area contributed by atoms with Gasteiger partial charge in [0.05, 0.1) is 35.6 Å². The van der Waals surface area contributed by atoms with Crippen molar-refractivity contribution in [2.75, 3.05) is 7.11 Å². The van der Waals surface area contributed by atoms with Crippen LogP contribution < -0.4 is 4.74 Å². The van der Waals surface area contributed by atoms with Gasteiger partial charge in [0.1, 0.15) is 17.4 Å². The lowest BCUT2D eigenvalue weighted by Gasteiger charge is -2.06. The second-order valence-electron chi connectivity index (χ2n) is 4.98. The Bertz CT molecular complexity index is 987. The topological polar surface area (TPSA) is 75.9 Å². The molecule has 116 valence electrons. The van der Waals surface area contributed by atoms with Crippen molar-refractivity contribution in [1.82, 2.24) is 9.97 Å². The quantitative estimate of drug-likeness (QED) is 0.419. The summed E-state index contributed by atoms with van der Waals surface area (Å²) in [5.41, 5.74) is 2.22. The first-order valence-corrected chi connectivity index (χ1v) is 7.24. The number of nitriles is 1. The van der Waals surface area contributed by atoms with Crippen molar-refractivity contribution >= 4 is 22.9 Å². The standard InChI is InChI=1S/C19H13N3O2/c1-24-18-9-5-2-6-15(18)19(23)13(11-20)10-14-12-21-16-7-3-4-8-17(16)22-14/h2-10,12H,1H3/b13-10+. The first-order valence-electron chi connectivity index (χ1n) is 7.24. The smallest absolute Gasteiger partial charge is 0.207 e. The number of hydrogen-bond acceptors (Lipinski definition) is 5. The number of carbonyl (C=O) groups excluding carboxylic acids is 1. The number of carbonyl (C=O) groups is 1. The highest BCUT2D eigenvalue weighted by molar-refractivity contribution is 6.15. The van der Waals surface area contributed by atoms with Gasteiger partial charge in [-0.15, -0.1) is 0 Å². The molecule has 0 bridgehead atoms. The predicted molar refractivity (Wildman–Crippen MR) is 90.5 cm³/mol. The van der Waals surface area contributed by atoms with Crippen LogP contribution in [0.25, 0.3) is 17.1 Å². The van der Waals surface area contributed by atoms with E-state index >= 15 is 0 Å². The molecule has 3 aromatic rings.